The second-order valence-corrected chi connectivity index (χ2v) is 4.69. The highest BCUT2D eigenvalue weighted by Gasteiger charge is 2.26. The van der Waals surface area contributed by atoms with Gasteiger partial charge in [-0.15, -0.1) is 0 Å². The van der Waals surface area contributed by atoms with Crippen molar-refractivity contribution in [1.29, 1.82) is 0 Å². The minimum absolute atomic E-state index is 0.106. The van der Waals surface area contributed by atoms with Gasteiger partial charge in [-0.25, -0.2) is 9.67 Å². The quantitative estimate of drug-likeness (QED) is 0.854. The summed E-state index contributed by atoms with van der Waals surface area (Å²) >= 11 is 0. The number of hydrogen-bond donors (Lipinski definition) is 1. The lowest BCUT2D eigenvalue weighted by atomic mass is 10.3. The summed E-state index contributed by atoms with van der Waals surface area (Å²) in [6, 6.07) is 0.327. The minimum atomic E-state index is -0.106. The monoisotopic (exact) mass is 245 g/mol. The average molecular weight is 245 g/mol. The average Bonchev–Trinajstić information content (AvgIpc) is 3.15. The summed E-state index contributed by atoms with van der Waals surface area (Å²) < 4.78 is 3.26. The van der Waals surface area contributed by atoms with Crippen LogP contribution in [0.4, 0.5) is 5.69 Å². The Balaban J connectivity index is 2.20. The second-order valence-electron chi connectivity index (χ2n) is 4.69. The number of anilines is 1. The predicted octanol–water partition coefficient (Wildman–Crippen LogP) is 0.963. The van der Waals surface area contributed by atoms with Crippen LogP contribution < -0.4 is 11.3 Å². The highest BCUT2D eigenvalue weighted by Crippen LogP contribution is 2.33. The molecule has 3 rings (SSSR count). The van der Waals surface area contributed by atoms with Gasteiger partial charge in [0.15, 0.2) is 0 Å². The number of nitrogen functional groups attached to an aromatic ring is 1. The first kappa shape index (κ1) is 11.0. The van der Waals surface area contributed by atoms with E-state index >= 15 is 0 Å². The van der Waals surface area contributed by atoms with Crippen LogP contribution in [0.1, 0.15) is 30.3 Å². The molecule has 0 aromatic carbocycles. The Hall–Kier alpha value is -2.11. The molecular weight excluding hydrogens is 230 g/mol. The molecule has 0 atom stereocenters. The van der Waals surface area contributed by atoms with E-state index in [1.165, 1.54) is 4.68 Å². The van der Waals surface area contributed by atoms with Crippen molar-refractivity contribution in [3.05, 3.63) is 34.1 Å². The number of aromatic nitrogens is 4. The van der Waals surface area contributed by atoms with Crippen molar-refractivity contribution in [2.75, 3.05) is 5.73 Å². The summed E-state index contributed by atoms with van der Waals surface area (Å²) in [4.78, 5) is 16.5. The van der Waals surface area contributed by atoms with Gasteiger partial charge in [-0.3, -0.25) is 4.79 Å². The van der Waals surface area contributed by atoms with Crippen LogP contribution in [0.15, 0.2) is 17.2 Å². The number of nitrogens with zero attached hydrogens (tertiary/aromatic N) is 4. The van der Waals surface area contributed by atoms with Crippen LogP contribution in [0.5, 0.6) is 0 Å². The summed E-state index contributed by atoms with van der Waals surface area (Å²) in [5, 5.41) is 4.28. The zero-order chi connectivity index (χ0) is 12.9. The van der Waals surface area contributed by atoms with Crippen molar-refractivity contribution in [1.82, 2.24) is 19.3 Å². The van der Waals surface area contributed by atoms with Crippen molar-refractivity contribution < 1.29 is 0 Å². The van der Waals surface area contributed by atoms with E-state index in [0.29, 0.717) is 17.5 Å². The van der Waals surface area contributed by atoms with Crippen molar-refractivity contribution in [3.63, 3.8) is 0 Å². The maximum Gasteiger partial charge on any atom is 0.295 e. The number of rotatable bonds is 2. The first-order valence-electron chi connectivity index (χ1n) is 5.99. The summed E-state index contributed by atoms with van der Waals surface area (Å²) in [6.45, 7) is 3.66. The summed E-state index contributed by atoms with van der Waals surface area (Å²) in [7, 11) is 0. The van der Waals surface area contributed by atoms with Gasteiger partial charge in [0.1, 0.15) is 0 Å². The minimum Gasteiger partial charge on any atom is -0.396 e. The molecule has 0 bridgehead atoms. The Morgan fingerprint density at radius 2 is 2.11 bits per heavy atom. The summed E-state index contributed by atoms with van der Waals surface area (Å²) in [5.74, 6) is 0.321. The fraction of sp³-hybridized carbons (Fsp3) is 0.417. The van der Waals surface area contributed by atoms with E-state index in [-0.39, 0.29) is 5.56 Å². The highest BCUT2D eigenvalue weighted by atomic mass is 16.1. The Bertz CT molecular complexity index is 666. The lowest BCUT2D eigenvalue weighted by Crippen LogP contribution is -2.25. The van der Waals surface area contributed by atoms with Gasteiger partial charge in [-0.2, -0.15) is 5.10 Å². The van der Waals surface area contributed by atoms with Gasteiger partial charge < -0.3 is 10.3 Å². The zero-order valence-electron chi connectivity index (χ0n) is 10.4. The maximum absolute atomic E-state index is 12.3. The Morgan fingerprint density at radius 3 is 2.67 bits per heavy atom. The molecule has 6 heteroatoms. The molecular formula is C12H15N5O. The maximum atomic E-state index is 12.3. The molecule has 6 nitrogen and oxygen atoms in total. The first-order chi connectivity index (χ1) is 8.59. The van der Waals surface area contributed by atoms with Gasteiger partial charge >= 0.3 is 0 Å². The molecule has 1 aliphatic rings. The molecule has 0 unspecified atom stereocenters. The third-order valence-electron chi connectivity index (χ3n) is 3.34. The summed E-state index contributed by atoms with van der Waals surface area (Å²) in [6.07, 6.45) is 5.49. The topological polar surface area (TPSA) is 78.7 Å². The molecule has 1 aliphatic carbocycles. The van der Waals surface area contributed by atoms with Crippen LogP contribution in [-0.4, -0.2) is 19.3 Å². The third-order valence-corrected chi connectivity index (χ3v) is 3.34. The molecule has 2 heterocycles. The number of nitrogens with two attached hydrogens (primary N) is 1. The van der Waals surface area contributed by atoms with Gasteiger partial charge in [-0.1, -0.05) is 0 Å². The van der Waals surface area contributed by atoms with Crippen LogP contribution in [0.2, 0.25) is 0 Å². The SMILES string of the molecule is Cc1nn(-c2nccn(C3CC3)c2=O)c(C)c1N. The van der Waals surface area contributed by atoms with Crippen LogP contribution in [-0.2, 0) is 0 Å². The van der Waals surface area contributed by atoms with E-state index in [4.69, 9.17) is 5.73 Å². The van der Waals surface area contributed by atoms with Crippen LogP contribution >= 0.6 is 0 Å². The predicted molar refractivity (Wildman–Crippen MR) is 67.8 cm³/mol. The molecule has 0 radical (unpaired) electrons. The number of aryl methyl sites for hydroxylation is 1. The fourth-order valence-electron chi connectivity index (χ4n) is 2.06. The fourth-order valence-corrected chi connectivity index (χ4v) is 2.06. The first-order valence-corrected chi connectivity index (χ1v) is 5.99. The van der Waals surface area contributed by atoms with Crippen LogP contribution in [0.3, 0.4) is 0 Å². The molecule has 0 spiro atoms. The second kappa shape index (κ2) is 3.69. The molecule has 0 amide bonds. The molecule has 2 aromatic rings. The van der Waals surface area contributed by atoms with Gasteiger partial charge in [-0.05, 0) is 26.7 Å². The molecule has 1 saturated carbocycles. The Morgan fingerprint density at radius 1 is 1.39 bits per heavy atom. The molecule has 18 heavy (non-hydrogen) atoms. The van der Waals surface area contributed by atoms with E-state index in [9.17, 15) is 4.79 Å². The van der Waals surface area contributed by atoms with E-state index in [2.05, 4.69) is 10.1 Å². The van der Waals surface area contributed by atoms with Crippen molar-refractivity contribution in [2.24, 2.45) is 0 Å². The van der Waals surface area contributed by atoms with E-state index < -0.39 is 0 Å². The lowest BCUT2D eigenvalue weighted by molar-refractivity contribution is 0.672. The lowest BCUT2D eigenvalue weighted by Gasteiger charge is -2.06. The smallest absolute Gasteiger partial charge is 0.295 e. The van der Waals surface area contributed by atoms with E-state index in [0.717, 1.165) is 24.2 Å². The zero-order valence-corrected chi connectivity index (χ0v) is 10.4. The molecule has 0 saturated heterocycles. The van der Waals surface area contributed by atoms with Crippen LogP contribution in [0.25, 0.3) is 5.82 Å². The highest BCUT2D eigenvalue weighted by molar-refractivity contribution is 5.49. The standard InChI is InChI=1S/C12H15N5O/c1-7-10(13)8(2)17(15-7)11-12(18)16(6-5-14-11)9-3-4-9/h5-6,9H,3-4,13H2,1-2H3. The van der Waals surface area contributed by atoms with E-state index in [1.807, 2.05) is 13.8 Å². The van der Waals surface area contributed by atoms with E-state index in [1.54, 1.807) is 17.0 Å². The Kier molecular flexibility index (Phi) is 2.26. The van der Waals surface area contributed by atoms with Crippen molar-refractivity contribution in [3.8, 4) is 5.82 Å². The van der Waals surface area contributed by atoms with Crippen molar-refractivity contribution in [2.45, 2.75) is 32.7 Å². The molecule has 1 fully saturated rings. The van der Waals surface area contributed by atoms with Gasteiger partial charge in [0.05, 0.1) is 17.1 Å². The molecule has 0 aliphatic heterocycles. The normalized spacial score (nSPS) is 15.0. The summed E-state index contributed by atoms with van der Waals surface area (Å²) in [5.41, 5.74) is 7.86. The van der Waals surface area contributed by atoms with Gasteiger partial charge in [0, 0.05) is 18.4 Å². The molecule has 2 N–H and O–H groups in total. The van der Waals surface area contributed by atoms with Crippen LogP contribution in [0, 0.1) is 13.8 Å². The molecule has 2 aromatic heterocycles. The molecule has 94 valence electrons. The third kappa shape index (κ3) is 1.53. The Labute approximate surface area is 104 Å². The number of hydrogen-bond acceptors (Lipinski definition) is 4. The largest absolute Gasteiger partial charge is 0.396 e. The van der Waals surface area contributed by atoms with Crippen molar-refractivity contribution >= 4 is 5.69 Å². The van der Waals surface area contributed by atoms with Gasteiger partial charge in [0.2, 0.25) is 5.82 Å². The van der Waals surface area contributed by atoms with Gasteiger partial charge in [0.25, 0.3) is 5.56 Å².